The van der Waals surface area contributed by atoms with Crippen molar-refractivity contribution in [2.45, 2.75) is 209 Å². The molecule has 0 saturated heterocycles. The van der Waals surface area contributed by atoms with E-state index in [9.17, 15) is 39.6 Å². The first kappa shape index (κ1) is 57.0. The fourth-order valence-electron chi connectivity index (χ4n) is 5.22. The molecule has 0 N–H and O–H groups in total. The van der Waals surface area contributed by atoms with E-state index in [0.717, 1.165) is 77.0 Å². The third kappa shape index (κ3) is 42.8. The minimum absolute atomic E-state index is 0. The van der Waals surface area contributed by atoms with E-state index in [2.05, 4.69) is 27.7 Å². The minimum atomic E-state index is -0.881. The van der Waals surface area contributed by atoms with E-state index in [1.54, 1.807) is 0 Å². The van der Waals surface area contributed by atoms with Crippen LogP contribution >= 0.6 is 0 Å². The van der Waals surface area contributed by atoms with Gasteiger partial charge in [-0.2, -0.15) is 0 Å². The van der Waals surface area contributed by atoms with Crippen molar-refractivity contribution < 1.29 is 39.6 Å². The summed E-state index contributed by atoms with van der Waals surface area (Å²) in [7, 11) is 0. The van der Waals surface area contributed by atoms with E-state index in [1.165, 1.54) is 51.4 Å². The van der Waals surface area contributed by atoms with Crippen molar-refractivity contribution in [2.75, 3.05) is 0 Å². The van der Waals surface area contributed by atoms with Gasteiger partial charge >= 0.3 is 23.9 Å². The monoisotopic (exact) mass is 804 g/mol. The Morgan fingerprint density at radius 3 is 0.592 bits per heavy atom. The molecule has 4 unspecified atom stereocenters. The Morgan fingerprint density at radius 1 is 0.327 bits per heavy atom. The van der Waals surface area contributed by atoms with E-state index in [4.69, 9.17) is 0 Å². The van der Waals surface area contributed by atoms with E-state index in [0.29, 0.717) is 25.7 Å². The van der Waals surface area contributed by atoms with Gasteiger partial charge < -0.3 is 39.6 Å². The molecule has 0 aliphatic carbocycles. The van der Waals surface area contributed by atoms with Gasteiger partial charge in [-0.3, -0.25) is 0 Å². The molecule has 0 amide bonds. The second kappa shape index (κ2) is 44.7. The van der Waals surface area contributed by atoms with Crippen LogP contribution in [0.5, 0.6) is 0 Å². The number of carbonyl (C=O) groups excluding carboxylic acids is 4. The Kier molecular flexibility index (Phi) is 52.0. The standard InChI is InChI=1S/4C10H20O2.Sn/c4*1-3-5-6-7-8-9(4-2)10(11)12;/h4*9H,3-8H2,1-2H3,(H,11,12);/q;;;;+4/p-4. The second-order valence-electron chi connectivity index (χ2n) is 13.1. The Balaban J connectivity index is -0.000000174. The number of carbonyl (C=O) groups is 4. The van der Waals surface area contributed by atoms with Gasteiger partial charge in [0, 0.05) is 23.9 Å². The van der Waals surface area contributed by atoms with Crippen molar-refractivity contribution in [1.82, 2.24) is 0 Å². The first-order valence-corrected chi connectivity index (χ1v) is 19.7. The molecule has 0 bridgehead atoms. The van der Waals surface area contributed by atoms with Crippen molar-refractivity contribution >= 4 is 47.8 Å². The quantitative estimate of drug-likeness (QED) is 0.0636. The number of aliphatic carboxylic acids is 4. The van der Waals surface area contributed by atoms with E-state index >= 15 is 0 Å². The van der Waals surface area contributed by atoms with Crippen LogP contribution in [-0.2, 0) is 19.2 Å². The van der Waals surface area contributed by atoms with Crippen molar-refractivity contribution in [3.05, 3.63) is 0 Å². The molecule has 8 nitrogen and oxygen atoms in total. The SMILES string of the molecule is CCCCCCC(CC)C(=O)[O-].CCCCCCC(CC)C(=O)[O-].CCCCCCC(CC)C(=O)[O-].CCCCCCC(CC)C(=O)[O-].[Sn+4]. The van der Waals surface area contributed by atoms with Crippen LogP contribution in [0, 0.1) is 23.7 Å². The maximum Gasteiger partial charge on any atom is 4.00 e. The molecule has 0 spiro atoms. The smallest absolute Gasteiger partial charge is 0.550 e. The summed E-state index contributed by atoms with van der Waals surface area (Å²) >= 11 is 0. The summed E-state index contributed by atoms with van der Waals surface area (Å²) in [6, 6.07) is 0. The molecular formula is C40H76O8Sn. The summed E-state index contributed by atoms with van der Waals surface area (Å²) in [6.45, 7) is 16.2. The zero-order valence-corrected chi connectivity index (χ0v) is 35.9. The summed E-state index contributed by atoms with van der Waals surface area (Å²) in [5.74, 6) is -4.40. The molecule has 0 radical (unpaired) electrons. The maximum absolute atomic E-state index is 10.5. The van der Waals surface area contributed by atoms with Crippen LogP contribution in [0.1, 0.15) is 209 Å². The molecule has 0 heterocycles. The molecule has 0 aromatic rings. The fraction of sp³-hybridized carbons (Fsp3) is 0.900. The first-order chi connectivity index (χ1) is 22.9. The Labute approximate surface area is 319 Å². The molecular weight excluding hydrogens is 727 g/mol. The summed E-state index contributed by atoms with van der Waals surface area (Å²) in [6.07, 6.45) is 24.3. The number of hydrogen-bond acceptors (Lipinski definition) is 8. The molecule has 0 fully saturated rings. The molecule has 0 saturated carbocycles. The van der Waals surface area contributed by atoms with Crippen LogP contribution in [0.4, 0.5) is 0 Å². The van der Waals surface area contributed by atoms with E-state index in [-0.39, 0.29) is 47.6 Å². The summed E-state index contributed by atoms with van der Waals surface area (Å²) in [4.78, 5) is 41.9. The Hall–Kier alpha value is -1.32. The zero-order chi connectivity index (χ0) is 37.6. The van der Waals surface area contributed by atoms with Gasteiger partial charge in [0.25, 0.3) is 0 Å². The van der Waals surface area contributed by atoms with Crippen LogP contribution in [-0.4, -0.2) is 47.8 Å². The predicted molar refractivity (Wildman–Crippen MR) is 196 cm³/mol. The number of carboxylic acid groups (broad SMARTS) is 4. The molecule has 0 aromatic carbocycles. The number of unbranched alkanes of at least 4 members (excludes halogenated alkanes) is 12. The van der Waals surface area contributed by atoms with Gasteiger partial charge in [0.2, 0.25) is 0 Å². The average molecular weight is 804 g/mol. The second-order valence-corrected chi connectivity index (χ2v) is 13.1. The summed E-state index contributed by atoms with van der Waals surface area (Å²) in [5.41, 5.74) is 0. The number of rotatable bonds is 28. The molecule has 0 aromatic heterocycles. The fourth-order valence-corrected chi connectivity index (χ4v) is 5.22. The van der Waals surface area contributed by atoms with Crippen LogP contribution < -0.4 is 20.4 Å². The van der Waals surface area contributed by atoms with Gasteiger partial charge in [0.15, 0.2) is 0 Å². The van der Waals surface area contributed by atoms with Crippen molar-refractivity contribution in [3.63, 3.8) is 0 Å². The largest absolute Gasteiger partial charge is 4.00 e. The summed E-state index contributed by atoms with van der Waals surface area (Å²) < 4.78 is 0. The van der Waals surface area contributed by atoms with Gasteiger partial charge in [-0.15, -0.1) is 0 Å². The minimum Gasteiger partial charge on any atom is -0.550 e. The summed E-state index contributed by atoms with van der Waals surface area (Å²) in [5, 5.41) is 41.9. The number of hydrogen-bond donors (Lipinski definition) is 0. The average Bonchev–Trinajstić information content (AvgIpc) is 3.05. The third-order valence-electron chi connectivity index (χ3n) is 8.93. The van der Waals surface area contributed by atoms with Crippen LogP contribution in [0.15, 0.2) is 0 Å². The molecule has 9 heteroatoms. The van der Waals surface area contributed by atoms with E-state index < -0.39 is 23.9 Å². The van der Waals surface area contributed by atoms with Gasteiger partial charge in [0.1, 0.15) is 0 Å². The van der Waals surface area contributed by atoms with Gasteiger partial charge in [-0.05, 0) is 75.0 Å². The van der Waals surface area contributed by atoms with Crippen molar-refractivity contribution in [1.29, 1.82) is 0 Å². The molecule has 0 rings (SSSR count). The topological polar surface area (TPSA) is 161 Å². The predicted octanol–water partition coefficient (Wildman–Crippen LogP) is 6.55. The molecule has 0 aliphatic rings. The van der Waals surface area contributed by atoms with Crippen molar-refractivity contribution in [3.8, 4) is 0 Å². The Morgan fingerprint density at radius 2 is 0.490 bits per heavy atom. The molecule has 0 aliphatic heterocycles. The van der Waals surface area contributed by atoms with Crippen LogP contribution in [0.2, 0.25) is 0 Å². The maximum atomic E-state index is 10.5. The molecule has 288 valence electrons. The third-order valence-corrected chi connectivity index (χ3v) is 8.93. The normalized spacial score (nSPS) is 12.6. The van der Waals surface area contributed by atoms with Crippen LogP contribution in [0.25, 0.3) is 0 Å². The van der Waals surface area contributed by atoms with Gasteiger partial charge in [-0.1, -0.05) is 158 Å². The van der Waals surface area contributed by atoms with Gasteiger partial charge in [0.05, 0.1) is 0 Å². The molecule has 4 atom stereocenters. The first-order valence-electron chi connectivity index (χ1n) is 19.7. The van der Waals surface area contributed by atoms with Crippen molar-refractivity contribution in [2.24, 2.45) is 23.7 Å². The van der Waals surface area contributed by atoms with Crippen LogP contribution in [0.3, 0.4) is 0 Å². The molecule has 49 heavy (non-hydrogen) atoms. The number of carboxylic acids is 4. The van der Waals surface area contributed by atoms with Gasteiger partial charge in [-0.25, -0.2) is 0 Å². The zero-order valence-electron chi connectivity index (χ0n) is 33.0. The Bertz CT molecular complexity index is 611. The van der Waals surface area contributed by atoms with E-state index in [1.807, 2.05) is 27.7 Å².